The number of likely N-dealkylation sites (tertiary alicyclic amines) is 1. The fourth-order valence-electron chi connectivity index (χ4n) is 2.86. The Morgan fingerprint density at radius 2 is 2.27 bits per heavy atom. The molecule has 22 heavy (non-hydrogen) atoms. The summed E-state index contributed by atoms with van der Waals surface area (Å²) in [7, 11) is 0. The van der Waals surface area contributed by atoms with E-state index in [4.69, 9.17) is 0 Å². The monoisotopic (exact) mass is 312 g/mol. The Labute approximate surface area is 128 Å². The van der Waals surface area contributed by atoms with Crippen molar-refractivity contribution in [3.8, 4) is 0 Å². The minimum atomic E-state index is -2.77. The number of rotatable bonds is 4. The summed E-state index contributed by atoms with van der Waals surface area (Å²) in [5.41, 5.74) is 1.71. The van der Waals surface area contributed by atoms with Crippen LogP contribution in [0.2, 0.25) is 0 Å². The van der Waals surface area contributed by atoms with Crippen LogP contribution in [0.15, 0.2) is 6.20 Å². The molecule has 1 aliphatic carbocycles. The summed E-state index contributed by atoms with van der Waals surface area (Å²) < 4.78 is 28.4. The maximum Gasteiger partial charge on any atom is 0.322 e. The number of halogens is 2. The van der Waals surface area contributed by atoms with Crippen LogP contribution in [0, 0.1) is 0 Å². The lowest BCUT2D eigenvalue weighted by atomic mass is 10.2. The van der Waals surface area contributed by atoms with Gasteiger partial charge in [-0.2, -0.15) is 5.10 Å². The maximum absolute atomic E-state index is 13.2. The van der Waals surface area contributed by atoms with Gasteiger partial charge in [-0.1, -0.05) is 6.92 Å². The molecule has 2 heterocycles. The molecular weight excluding hydrogens is 290 g/mol. The highest BCUT2D eigenvalue weighted by Gasteiger charge is 2.41. The van der Waals surface area contributed by atoms with Crippen molar-refractivity contribution in [3.05, 3.63) is 11.9 Å². The zero-order chi connectivity index (χ0) is 15.9. The van der Waals surface area contributed by atoms with Crippen LogP contribution < -0.4 is 5.32 Å². The van der Waals surface area contributed by atoms with Gasteiger partial charge in [0.15, 0.2) is 0 Å². The molecule has 5 nitrogen and oxygen atoms in total. The molecule has 7 heteroatoms. The van der Waals surface area contributed by atoms with Crippen LogP contribution in [0.25, 0.3) is 0 Å². The van der Waals surface area contributed by atoms with Gasteiger partial charge < -0.3 is 10.2 Å². The number of carbonyl (C=O) groups is 1. The smallest absolute Gasteiger partial charge is 0.318 e. The molecule has 122 valence electrons. The lowest BCUT2D eigenvalue weighted by Crippen LogP contribution is -2.35. The van der Waals surface area contributed by atoms with Crippen LogP contribution in [0.4, 0.5) is 19.3 Å². The molecule has 2 fully saturated rings. The lowest BCUT2D eigenvalue weighted by molar-refractivity contribution is 0.0159. The average molecular weight is 312 g/mol. The molecule has 1 unspecified atom stereocenters. The van der Waals surface area contributed by atoms with Crippen molar-refractivity contribution in [2.24, 2.45) is 0 Å². The first kappa shape index (κ1) is 15.2. The summed E-state index contributed by atoms with van der Waals surface area (Å²) in [5.74, 6) is -2.34. The van der Waals surface area contributed by atoms with Crippen molar-refractivity contribution < 1.29 is 13.6 Å². The van der Waals surface area contributed by atoms with Crippen molar-refractivity contribution in [2.45, 2.75) is 57.4 Å². The van der Waals surface area contributed by atoms with Gasteiger partial charge >= 0.3 is 6.03 Å². The van der Waals surface area contributed by atoms with E-state index in [1.54, 1.807) is 6.20 Å². The van der Waals surface area contributed by atoms with Crippen LogP contribution in [-0.4, -0.2) is 39.7 Å². The first-order valence-electron chi connectivity index (χ1n) is 7.92. The Bertz CT molecular complexity index is 568. The van der Waals surface area contributed by atoms with Crippen LogP contribution in [0.3, 0.4) is 0 Å². The average Bonchev–Trinajstić information content (AvgIpc) is 3.13. The van der Waals surface area contributed by atoms with Gasteiger partial charge in [0.2, 0.25) is 0 Å². The highest BCUT2D eigenvalue weighted by Crippen LogP contribution is 2.44. The molecule has 1 saturated heterocycles. The van der Waals surface area contributed by atoms with E-state index < -0.39 is 18.5 Å². The minimum Gasteiger partial charge on any atom is -0.318 e. The van der Waals surface area contributed by atoms with E-state index in [9.17, 15) is 13.6 Å². The lowest BCUT2D eigenvalue weighted by Gasteiger charge is -2.18. The van der Waals surface area contributed by atoms with Gasteiger partial charge in [-0.3, -0.25) is 4.68 Å². The predicted octanol–water partition coefficient (Wildman–Crippen LogP) is 3.60. The first-order chi connectivity index (χ1) is 10.4. The number of alkyl halides is 2. The van der Waals surface area contributed by atoms with Gasteiger partial charge in [0.1, 0.15) is 0 Å². The summed E-state index contributed by atoms with van der Waals surface area (Å²) in [6.07, 6.45) is 4.51. The highest BCUT2D eigenvalue weighted by atomic mass is 19.3. The molecule has 3 rings (SSSR count). The van der Waals surface area contributed by atoms with Crippen molar-refractivity contribution in [3.63, 3.8) is 0 Å². The molecule has 0 spiro atoms. The Morgan fingerprint density at radius 1 is 1.55 bits per heavy atom. The van der Waals surface area contributed by atoms with Gasteiger partial charge in [0, 0.05) is 24.9 Å². The summed E-state index contributed by atoms with van der Waals surface area (Å²) in [6, 6.07) is -0.194. The first-order valence-corrected chi connectivity index (χ1v) is 7.92. The second-order valence-corrected chi connectivity index (χ2v) is 6.38. The molecule has 1 aliphatic heterocycles. The summed E-state index contributed by atoms with van der Waals surface area (Å²) in [6.45, 7) is 3.77. The van der Waals surface area contributed by atoms with E-state index in [0.717, 1.165) is 25.0 Å². The van der Waals surface area contributed by atoms with Crippen LogP contribution >= 0.6 is 0 Å². The van der Waals surface area contributed by atoms with Crippen molar-refractivity contribution in [1.29, 1.82) is 0 Å². The topological polar surface area (TPSA) is 50.2 Å². The van der Waals surface area contributed by atoms with E-state index in [2.05, 4.69) is 24.3 Å². The largest absolute Gasteiger partial charge is 0.322 e. The Hall–Kier alpha value is -1.66. The number of anilines is 1. The van der Waals surface area contributed by atoms with Crippen molar-refractivity contribution in [2.75, 3.05) is 18.4 Å². The Balaban J connectivity index is 1.75. The molecule has 1 N–H and O–H groups in total. The van der Waals surface area contributed by atoms with Gasteiger partial charge in [-0.15, -0.1) is 0 Å². The maximum atomic E-state index is 13.2. The predicted molar refractivity (Wildman–Crippen MR) is 79.4 cm³/mol. The Kier molecular flexibility index (Phi) is 3.82. The molecular formula is C15H22F2N4O. The second kappa shape index (κ2) is 5.52. The molecule has 1 saturated carbocycles. The zero-order valence-corrected chi connectivity index (χ0v) is 13.0. The number of hydrogen-bond acceptors (Lipinski definition) is 2. The van der Waals surface area contributed by atoms with Crippen molar-refractivity contribution >= 4 is 11.7 Å². The van der Waals surface area contributed by atoms with E-state index in [-0.39, 0.29) is 19.0 Å². The molecule has 2 amide bonds. The minimum absolute atomic E-state index is 0.0943. The molecule has 1 aromatic rings. The molecule has 2 aliphatic rings. The standard InChI is InChI=1S/C15H22F2N4O/c1-3-10(2)21-13(11-4-5-11)12(8-18-21)19-14(22)20-7-6-15(16,17)9-20/h8,10-11H,3-7,9H2,1-2H3,(H,19,22). The third-order valence-corrected chi connectivity index (χ3v) is 4.50. The molecule has 0 aromatic carbocycles. The Morgan fingerprint density at radius 3 is 2.82 bits per heavy atom. The van der Waals surface area contributed by atoms with E-state index in [1.807, 2.05) is 4.68 Å². The third kappa shape index (κ3) is 2.94. The van der Waals surface area contributed by atoms with Crippen LogP contribution in [-0.2, 0) is 0 Å². The second-order valence-electron chi connectivity index (χ2n) is 6.38. The number of nitrogens with zero attached hydrogens (tertiary/aromatic N) is 3. The molecule has 1 aromatic heterocycles. The van der Waals surface area contributed by atoms with Crippen molar-refractivity contribution in [1.82, 2.24) is 14.7 Å². The molecule has 0 bridgehead atoms. The van der Waals surface area contributed by atoms with E-state index in [0.29, 0.717) is 11.6 Å². The summed E-state index contributed by atoms with van der Waals surface area (Å²) in [4.78, 5) is 13.4. The third-order valence-electron chi connectivity index (χ3n) is 4.50. The molecule has 0 radical (unpaired) electrons. The quantitative estimate of drug-likeness (QED) is 0.923. The fraction of sp³-hybridized carbons (Fsp3) is 0.733. The zero-order valence-electron chi connectivity index (χ0n) is 13.0. The normalized spacial score (nSPS) is 21.9. The number of hydrogen-bond donors (Lipinski definition) is 1. The van der Waals surface area contributed by atoms with Crippen LogP contribution in [0.5, 0.6) is 0 Å². The highest BCUT2D eigenvalue weighted by molar-refractivity contribution is 5.90. The number of aromatic nitrogens is 2. The summed E-state index contributed by atoms with van der Waals surface area (Å²) >= 11 is 0. The van der Waals surface area contributed by atoms with Gasteiger partial charge in [0.25, 0.3) is 5.92 Å². The number of nitrogens with one attached hydrogen (secondary N) is 1. The number of amides is 2. The fourth-order valence-corrected chi connectivity index (χ4v) is 2.86. The number of urea groups is 1. The SMILES string of the molecule is CCC(C)n1ncc(NC(=O)N2CCC(F)(F)C2)c1C1CC1. The molecule has 1 atom stereocenters. The summed E-state index contributed by atoms with van der Waals surface area (Å²) in [5, 5.41) is 7.17. The number of carbonyl (C=O) groups excluding carboxylic acids is 1. The van der Waals surface area contributed by atoms with Gasteiger partial charge in [-0.25, -0.2) is 13.6 Å². The van der Waals surface area contributed by atoms with Crippen LogP contribution in [0.1, 0.15) is 57.2 Å². The van der Waals surface area contributed by atoms with E-state index >= 15 is 0 Å². The van der Waals surface area contributed by atoms with Gasteiger partial charge in [0.05, 0.1) is 24.1 Å². The van der Waals surface area contributed by atoms with Gasteiger partial charge in [-0.05, 0) is 26.2 Å². The van der Waals surface area contributed by atoms with E-state index in [1.165, 1.54) is 4.90 Å².